The molecule has 2 heterocycles. The van der Waals surface area contributed by atoms with Gasteiger partial charge in [-0.1, -0.05) is 28.1 Å². The Hall–Kier alpha value is -0.170. The maximum atomic E-state index is 4.67. The first kappa shape index (κ1) is 14.2. The van der Waals surface area contributed by atoms with Gasteiger partial charge >= 0.3 is 0 Å². The van der Waals surface area contributed by atoms with E-state index in [9.17, 15) is 0 Å². The molecule has 0 saturated carbocycles. The number of hydrogen-bond donors (Lipinski definition) is 4. The zero-order chi connectivity index (χ0) is 13.0. The first-order chi connectivity index (χ1) is 8.83. The molecule has 0 aromatic carbocycles. The second-order valence-electron chi connectivity index (χ2n) is 4.24. The summed E-state index contributed by atoms with van der Waals surface area (Å²) in [7, 11) is 0. The van der Waals surface area contributed by atoms with Crippen LogP contribution in [-0.2, 0) is 0 Å². The lowest BCUT2D eigenvalue weighted by molar-refractivity contribution is 0.611. The summed E-state index contributed by atoms with van der Waals surface area (Å²) in [5.74, 6) is 1.08. The summed E-state index contributed by atoms with van der Waals surface area (Å²) in [6, 6.07) is 0.413. The molecule has 1 aromatic heterocycles. The van der Waals surface area contributed by atoms with Crippen molar-refractivity contribution in [1.82, 2.24) is 15.3 Å². The van der Waals surface area contributed by atoms with Crippen molar-refractivity contribution < 1.29 is 0 Å². The molecular weight excluding hydrogens is 330 g/mol. The molecule has 1 saturated heterocycles. The Morgan fingerprint density at radius 3 is 2.89 bits per heavy atom. The van der Waals surface area contributed by atoms with E-state index in [0.717, 1.165) is 34.0 Å². The molecule has 1 unspecified atom stereocenters. The number of imidazole rings is 1. The van der Waals surface area contributed by atoms with Gasteiger partial charge in [-0.3, -0.25) is 0 Å². The molecule has 1 aliphatic carbocycles. The van der Waals surface area contributed by atoms with Gasteiger partial charge in [0.2, 0.25) is 0 Å². The van der Waals surface area contributed by atoms with Crippen molar-refractivity contribution in [3.63, 3.8) is 0 Å². The predicted octanol–water partition coefficient (Wildman–Crippen LogP) is 1.84. The van der Waals surface area contributed by atoms with Crippen LogP contribution in [0.3, 0.4) is 0 Å². The van der Waals surface area contributed by atoms with Crippen LogP contribution in [0.4, 0.5) is 0 Å². The number of aromatic amines is 1. The molecule has 1 atom stereocenters. The molecule has 1 aromatic rings. The van der Waals surface area contributed by atoms with E-state index in [1.807, 2.05) is 0 Å². The molecule has 1 fully saturated rings. The number of fused-ring (bicyclic) bond motifs is 1. The van der Waals surface area contributed by atoms with Crippen molar-refractivity contribution >= 4 is 51.4 Å². The normalized spacial score (nSPS) is 21.7. The lowest BCUT2D eigenvalue weighted by Gasteiger charge is -2.04. The summed E-state index contributed by atoms with van der Waals surface area (Å²) in [6.07, 6.45) is 9.77. The molecule has 18 heavy (non-hydrogen) atoms. The highest BCUT2D eigenvalue weighted by Crippen LogP contribution is 2.18. The molecule has 0 spiro atoms. The number of aromatic nitrogens is 2. The van der Waals surface area contributed by atoms with Gasteiger partial charge in [0.15, 0.2) is 0 Å². The van der Waals surface area contributed by atoms with Crippen LogP contribution in [0.5, 0.6) is 0 Å². The van der Waals surface area contributed by atoms with Gasteiger partial charge in [-0.25, -0.2) is 4.98 Å². The minimum atomic E-state index is 0.413. The van der Waals surface area contributed by atoms with Crippen molar-refractivity contribution in [2.75, 3.05) is 6.54 Å². The van der Waals surface area contributed by atoms with E-state index >= 15 is 0 Å². The molecular formula is C12H16BrN3S2. The van der Waals surface area contributed by atoms with E-state index in [2.05, 4.69) is 72.8 Å². The van der Waals surface area contributed by atoms with Gasteiger partial charge in [0, 0.05) is 4.48 Å². The Morgan fingerprint density at radius 1 is 1.33 bits per heavy atom. The van der Waals surface area contributed by atoms with Crippen molar-refractivity contribution in [1.29, 1.82) is 0 Å². The topological polar surface area (TPSA) is 40.7 Å². The molecule has 0 amide bonds. The Kier molecular flexibility index (Phi) is 5.41. The number of hydrogen-bond acceptors (Lipinski definition) is 4. The second kappa shape index (κ2) is 6.84. The third-order valence-corrected chi connectivity index (χ3v) is 3.63. The monoisotopic (exact) mass is 345 g/mol. The summed E-state index contributed by atoms with van der Waals surface area (Å²) < 4.78 is 1.12. The van der Waals surface area contributed by atoms with Crippen LogP contribution in [0.15, 0.2) is 10.6 Å². The van der Waals surface area contributed by atoms with Crippen LogP contribution >= 0.6 is 39.3 Å². The molecule has 6 heteroatoms. The quantitative estimate of drug-likeness (QED) is 0.463. The standard InChI is InChI=1S/C12H14BrN3.H2S2/c13-8-3-1-4-9-11(7-8)16-12(15-9)10-5-2-6-14-10;1-2/h3-4,7,10,14H,1-2,5-6H2,(H,15,16);1-2H. The number of H-pyrrole nitrogens is 1. The first-order valence-electron chi connectivity index (χ1n) is 5.90. The lowest BCUT2D eigenvalue weighted by Crippen LogP contribution is -2.23. The van der Waals surface area contributed by atoms with Crippen LogP contribution < -0.4 is 16.0 Å². The van der Waals surface area contributed by atoms with Gasteiger partial charge < -0.3 is 10.3 Å². The number of nitrogens with zero attached hydrogens (tertiary/aromatic N) is 1. The Balaban J connectivity index is 0.000000574. The molecule has 2 N–H and O–H groups in total. The minimum absolute atomic E-state index is 0.413. The Bertz CT molecular complexity index is 544. The van der Waals surface area contributed by atoms with E-state index in [-0.39, 0.29) is 0 Å². The zero-order valence-corrected chi connectivity index (χ0v) is 13.2. The van der Waals surface area contributed by atoms with Crippen LogP contribution in [0.2, 0.25) is 0 Å². The SMILES string of the molecule is BrC1=CCC=c2nc(C3CCCN3)[nH]c2=C1.SS. The van der Waals surface area contributed by atoms with E-state index in [1.54, 1.807) is 0 Å². The highest BCUT2D eigenvalue weighted by Gasteiger charge is 2.18. The van der Waals surface area contributed by atoms with Gasteiger partial charge in [-0.2, -0.15) is 0 Å². The fourth-order valence-corrected chi connectivity index (χ4v) is 2.66. The van der Waals surface area contributed by atoms with Gasteiger partial charge in [-0.05, 0) is 31.9 Å². The minimum Gasteiger partial charge on any atom is -0.341 e. The van der Waals surface area contributed by atoms with Gasteiger partial charge in [-0.15, -0.1) is 23.3 Å². The molecule has 3 nitrogen and oxygen atoms in total. The zero-order valence-electron chi connectivity index (χ0n) is 9.86. The number of halogens is 1. The molecule has 98 valence electrons. The average molecular weight is 346 g/mol. The molecule has 2 aliphatic rings. The Labute approximate surface area is 125 Å². The molecule has 3 rings (SSSR count). The van der Waals surface area contributed by atoms with Crippen LogP contribution in [-0.4, -0.2) is 16.5 Å². The van der Waals surface area contributed by atoms with Crippen molar-refractivity contribution in [2.24, 2.45) is 0 Å². The molecule has 1 aliphatic heterocycles. The molecule has 0 bridgehead atoms. The lowest BCUT2D eigenvalue weighted by atomic mass is 10.2. The first-order valence-corrected chi connectivity index (χ1v) is 8.29. The smallest absolute Gasteiger partial charge is 0.124 e. The summed E-state index contributed by atoms with van der Waals surface area (Å²) >= 11 is 9.97. The second-order valence-corrected chi connectivity index (χ2v) is 5.16. The third-order valence-electron chi connectivity index (χ3n) is 3.08. The maximum absolute atomic E-state index is 4.67. The van der Waals surface area contributed by atoms with Gasteiger partial charge in [0.05, 0.1) is 16.7 Å². The van der Waals surface area contributed by atoms with Crippen molar-refractivity contribution in [3.8, 4) is 0 Å². The van der Waals surface area contributed by atoms with E-state index in [0.29, 0.717) is 6.04 Å². The maximum Gasteiger partial charge on any atom is 0.124 e. The summed E-state index contributed by atoms with van der Waals surface area (Å²) in [4.78, 5) is 8.08. The number of rotatable bonds is 1. The number of nitrogens with one attached hydrogen (secondary N) is 2. The summed E-state index contributed by atoms with van der Waals surface area (Å²) in [5, 5.41) is 5.65. The fraction of sp³-hybridized carbons (Fsp3) is 0.417. The van der Waals surface area contributed by atoms with Crippen LogP contribution in [0, 0.1) is 0 Å². The van der Waals surface area contributed by atoms with Crippen LogP contribution in [0.1, 0.15) is 31.1 Å². The predicted molar refractivity (Wildman–Crippen MR) is 86.3 cm³/mol. The van der Waals surface area contributed by atoms with Gasteiger partial charge in [0.25, 0.3) is 0 Å². The Morgan fingerprint density at radius 2 is 2.17 bits per heavy atom. The van der Waals surface area contributed by atoms with E-state index < -0.39 is 0 Å². The molecule has 0 radical (unpaired) electrons. The van der Waals surface area contributed by atoms with Crippen LogP contribution in [0.25, 0.3) is 12.2 Å². The largest absolute Gasteiger partial charge is 0.341 e. The third kappa shape index (κ3) is 3.23. The van der Waals surface area contributed by atoms with Crippen molar-refractivity contribution in [3.05, 3.63) is 27.1 Å². The highest BCUT2D eigenvalue weighted by molar-refractivity contribution is 9.12. The van der Waals surface area contributed by atoms with E-state index in [1.165, 1.54) is 12.8 Å². The summed E-state index contributed by atoms with van der Waals surface area (Å²) in [5.41, 5.74) is 0. The van der Waals surface area contributed by atoms with E-state index in [4.69, 9.17) is 0 Å². The number of allylic oxidation sites excluding steroid dienone is 2. The summed E-state index contributed by atoms with van der Waals surface area (Å²) in [6.45, 7) is 1.10. The fourth-order valence-electron chi connectivity index (χ4n) is 2.25. The van der Waals surface area contributed by atoms with Gasteiger partial charge in [0.1, 0.15) is 5.82 Å². The average Bonchev–Trinajstić information content (AvgIpc) is 2.99. The van der Waals surface area contributed by atoms with Crippen molar-refractivity contribution in [2.45, 2.75) is 25.3 Å². The highest BCUT2D eigenvalue weighted by atomic mass is 79.9. The number of thiol groups is 2.